The minimum atomic E-state index is -2.28. The first kappa shape index (κ1) is 12.9. The smallest absolute Gasteiger partial charge is 0.200 e. The predicted octanol–water partition coefficient (Wildman–Crippen LogP) is 1.80. The van der Waals surface area contributed by atoms with Crippen LogP contribution < -0.4 is 0 Å². The van der Waals surface area contributed by atoms with Crippen LogP contribution in [0.4, 0.5) is 22.0 Å². The first-order valence-corrected chi connectivity index (χ1v) is 4.22. The highest BCUT2D eigenvalue weighted by atomic mass is 19.2. The Balaban J connectivity index is 3.39. The molecule has 7 heteroatoms. The summed E-state index contributed by atoms with van der Waals surface area (Å²) in [5, 5.41) is 17.5. The van der Waals surface area contributed by atoms with Gasteiger partial charge in [0.1, 0.15) is 0 Å². The fourth-order valence-corrected chi connectivity index (χ4v) is 1.18. The maximum Gasteiger partial charge on any atom is 0.200 e. The molecule has 0 aliphatic rings. The molecule has 90 valence electrons. The van der Waals surface area contributed by atoms with Crippen LogP contribution in [0.3, 0.4) is 0 Å². The molecular formula is C9H7F5O2. The van der Waals surface area contributed by atoms with Crippen molar-refractivity contribution in [3.05, 3.63) is 34.6 Å². The fraction of sp³-hybridized carbons (Fsp3) is 0.333. The number of aliphatic hydroxyl groups is 2. The summed E-state index contributed by atoms with van der Waals surface area (Å²) in [4.78, 5) is 0. The van der Waals surface area contributed by atoms with E-state index in [4.69, 9.17) is 10.2 Å². The lowest BCUT2D eigenvalue weighted by Crippen LogP contribution is -2.12. The SMILES string of the molecule is OCCC(O)c1c(F)c(F)c(F)c(F)c1F. The molecule has 0 fully saturated rings. The number of hydrogen-bond acceptors (Lipinski definition) is 2. The van der Waals surface area contributed by atoms with Crippen molar-refractivity contribution in [2.75, 3.05) is 6.61 Å². The second-order valence-electron chi connectivity index (χ2n) is 3.01. The van der Waals surface area contributed by atoms with Gasteiger partial charge in [0.2, 0.25) is 5.82 Å². The zero-order valence-electron chi connectivity index (χ0n) is 7.78. The van der Waals surface area contributed by atoms with Crippen molar-refractivity contribution < 1.29 is 32.2 Å². The molecule has 2 N–H and O–H groups in total. The highest BCUT2D eigenvalue weighted by Crippen LogP contribution is 2.28. The fourth-order valence-electron chi connectivity index (χ4n) is 1.18. The van der Waals surface area contributed by atoms with Gasteiger partial charge < -0.3 is 10.2 Å². The summed E-state index contributed by atoms with van der Waals surface area (Å²) in [5.41, 5.74) is -1.33. The van der Waals surface area contributed by atoms with Crippen LogP contribution in [0.25, 0.3) is 0 Å². The number of benzene rings is 1. The van der Waals surface area contributed by atoms with Gasteiger partial charge in [0, 0.05) is 13.0 Å². The van der Waals surface area contributed by atoms with E-state index in [1.807, 2.05) is 0 Å². The molecule has 1 atom stereocenters. The van der Waals surface area contributed by atoms with Gasteiger partial charge in [-0.05, 0) is 0 Å². The maximum atomic E-state index is 13.0. The van der Waals surface area contributed by atoms with E-state index in [1.54, 1.807) is 0 Å². The number of rotatable bonds is 3. The summed E-state index contributed by atoms with van der Waals surface area (Å²) < 4.78 is 64.0. The monoisotopic (exact) mass is 242 g/mol. The van der Waals surface area contributed by atoms with Crippen molar-refractivity contribution in [3.8, 4) is 0 Å². The van der Waals surface area contributed by atoms with E-state index in [0.29, 0.717) is 0 Å². The molecule has 0 amide bonds. The molecule has 1 aromatic rings. The molecule has 0 saturated heterocycles. The molecule has 0 aliphatic carbocycles. The topological polar surface area (TPSA) is 40.5 Å². The van der Waals surface area contributed by atoms with Crippen molar-refractivity contribution in [2.24, 2.45) is 0 Å². The Bertz CT molecular complexity index is 378. The Morgan fingerprint density at radius 2 is 1.19 bits per heavy atom. The van der Waals surface area contributed by atoms with Crippen LogP contribution >= 0.6 is 0 Å². The molecular weight excluding hydrogens is 235 g/mol. The molecule has 0 heterocycles. The Hall–Kier alpha value is -1.21. The summed E-state index contributed by atoms with van der Waals surface area (Å²) in [6.07, 6.45) is -2.48. The lowest BCUT2D eigenvalue weighted by Gasteiger charge is -2.13. The molecule has 1 aromatic carbocycles. The van der Waals surface area contributed by atoms with Gasteiger partial charge >= 0.3 is 0 Å². The van der Waals surface area contributed by atoms with Crippen LogP contribution in [0, 0.1) is 29.1 Å². The Labute approximate surface area is 86.9 Å². The van der Waals surface area contributed by atoms with Crippen molar-refractivity contribution in [1.29, 1.82) is 0 Å². The third kappa shape index (κ3) is 2.00. The van der Waals surface area contributed by atoms with Gasteiger partial charge in [0.25, 0.3) is 0 Å². The van der Waals surface area contributed by atoms with Crippen LogP contribution in [-0.4, -0.2) is 16.8 Å². The highest BCUT2D eigenvalue weighted by molar-refractivity contribution is 5.25. The van der Waals surface area contributed by atoms with E-state index >= 15 is 0 Å². The van der Waals surface area contributed by atoms with Gasteiger partial charge in [-0.3, -0.25) is 0 Å². The summed E-state index contributed by atoms with van der Waals surface area (Å²) in [7, 11) is 0. The number of hydrogen-bond donors (Lipinski definition) is 2. The van der Waals surface area contributed by atoms with E-state index in [9.17, 15) is 22.0 Å². The van der Waals surface area contributed by atoms with E-state index in [2.05, 4.69) is 0 Å². The van der Waals surface area contributed by atoms with Crippen molar-refractivity contribution in [3.63, 3.8) is 0 Å². The first-order chi connectivity index (χ1) is 7.41. The molecule has 1 rings (SSSR count). The van der Waals surface area contributed by atoms with Gasteiger partial charge in [0.15, 0.2) is 23.3 Å². The van der Waals surface area contributed by atoms with E-state index in [0.717, 1.165) is 0 Å². The lowest BCUT2D eigenvalue weighted by atomic mass is 10.0. The van der Waals surface area contributed by atoms with Gasteiger partial charge in [-0.25, -0.2) is 22.0 Å². The zero-order chi connectivity index (χ0) is 12.5. The molecule has 0 saturated carbocycles. The standard InChI is InChI=1S/C9H7F5O2/c10-5-4(3(16)1-2-15)6(11)8(13)9(14)7(5)12/h3,15-16H,1-2H2. The van der Waals surface area contributed by atoms with Gasteiger partial charge in [0.05, 0.1) is 11.7 Å². The second-order valence-corrected chi connectivity index (χ2v) is 3.01. The van der Waals surface area contributed by atoms with Gasteiger partial charge in [-0.1, -0.05) is 0 Å². The summed E-state index contributed by atoms with van der Waals surface area (Å²) in [5.74, 6) is -10.7. The molecule has 0 aromatic heterocycles. The van der Waals surface area contributed by atoms with E-state index in [1.165, 1.54) is 0 Å². The third-order valence-corrected chi connectivity index (χ3v) is 1.98. The van der Waals surface area contributed by atoms with Crippen LogP contribution in [0.15, 0.2) is 0 Å². The number of aliphatic hydroxyl groups excluding tert-OH is 2. The minimum Gasteiger partial charge on any atom is -0.396 e. The molecule has 0 bridgehead atoms. The molecule has 16 heavy (non-hydrogen) atoms. The molecule has 0 aliphatic heterocycles. The summed E-state index contributed by atoms with van der Waals surface area (Å²) >= 11 is 0. The molecule has 1 unspecified atom stereocenters. The minimum absolute atomic E-state index is 0.529. The Morgan fingerprint density at radius 1 is 0.812 bits per heavy atom. The normalized spacial score (nSPS) is 12.9. The van der Waals surface area contributed by atoms with Crippen LogP contribution in [0.2, 0.25) is 0 Å². The third-order valence-electron chi connectivity index (χ3n) is 1.98. The van der Waals surface area contributed by atoms with Gasteiger partial charge in [-0.2, -0.15) is 0 Å². The largest absolute Gasteiger partial charge is 0.396 e. The second kappa shape index (κ2) is 4.75. The van der Waals surface area contributed by atoms with Crippen molar-refractivity contribution >= 4 is 0 Å². The quantitative estimate of drug-likeness (QED) is 0.482. The van der Waals surface area contributed by atoms with Crippen LogP contribution in [0.5, 0.6) is 0 Å². The first-order valence-electron chi connectivity index (χ1n) is 4.22. The van der Waals surface area contributed by atoms with E-state index < -0.39 is 53.8 Å². The molecule has 0 spiro atoms. The lowest BCUT2D eigenvalue weighted by molar-refractivity contribution is 0.124. The van der Waals surface area contributed by atoms with Crippen molar-refractivity contribution in [1.82, 2.24) is 0 Å². The van der Waals surface area contributed by atoms with Crippen molar-refractivity contribution in [2.45, 2.75) is 12.5 Å². The van der Waals surface area contributed by atoms with Crippen LogP contribution in [0.1, 0.15) is 18.1 Å². The number of halogens is 5. The molecule has 0 radical (unpaired) electrons. The summed E-state index contributed by atoms with van der Waals surface area (Å²) in [6, 6.07) is 0. The average Bonchev–Trinajstić information content (AvgIpc) is 2.24. The Morgan fingerprint density at radius 3 is 1.56 bits per heavy atom. The highest BCUT2D eigenvalue weighted by Gasteiger charge is 2.29. The Kier molecular flexibility index (Phi) is 3.82. The zero-order valence-corrected chi connectivity index (χ0v) is 7.78. The average molecular weight is 242 g/mol. The van der Waals surface area contributed by atoms with Crippen LogP contribution in [-0.2, 0) is 0 Å². The summed E-state index contributed by atoms with van der Waals surface area (Å²) in [6.45, 7) is -0.652. The van der Waals surface area contributed by atoms with Gasteiger partial charge in [-0.15, -0.1) is 0 Å². The molecule has 2 nitrogen and oxygen atoms in total. The van der Waals surface area contributed by atoms with E-state index in [-0.39, 0.29) is 0 Å². The maximum absolute atomic E-state index is 13.0. The predicted molar refractivity (Wildman–Crippen MR) is 42.9 cm³/mol.